The molecule has 11 nitrogen and oxygen atoms in total. The van der Waals surface area contributed by atoms with E-state index < -0.39 is 46.9 Å². The lowest BCUT2D eigenvalue weighted by Crippen LogP contribution is -2.43. The average molecular weight is 610 g/mol. The standard InChI is InChI=1S/C24H19F3N6O3.C2HF3O2/c1-23(2)21(35)33(16-8-7-14(12-28)17(11-16)24(25,26)27)22(36)32(23)13-15-5-3-4-6-18(15)29-19-9-10-20(34)31-30-19;3-2(4,5)1(6)7/h3-11H,13H2,1-2H3,(H,29,30)(H,31,34);(H,6,7). The summed E-state index contributed by atoms with van der Waals surface area (Å²) in [7, 11) is 0. The Kier molecular flexibility index (Phi) is 8.84. The normalized spacial score (nSPS) is 14.6. The Bertz CT molecular complexity index is 1640. The number of benzene rings is 2. The first-order valence-corrected chi connectivity index (χ1v) is 11.9. The number of carboxylic acid groups (broad SMARTS) is 1. The predicted molar refractivity (Wildman–Crippen MR) is 137 cm³/mol. The van der Waals surface area contributed by atoms with Crippen molar-refractivity contribution in [1.29, 1.82) is 5.26 Å². The summed E-state index contributed by atoms with van der Waals surface area (Å²) in [5.41, 5.74) is -2.75. The minimum Gasteiger partial charge on any atom is -0.475 e. The molecule has 1 saturated heterocycles. The zero-order valence-corrected chi connectivity index (χ0v) is 22.0. The van der Waals surface area contributed by atoms with Crippen molar-refractivity contribution in [2.75, 3.05) is 10.2 Å². The Labute approximate surface area is 237 Å². The first kappa shape index (κ1) is 32.1. The van der Waals surface area contributed by atoms with E-state index in [1.807, 2.05) is 0 Å². The molecule has 0 spiro atoms. The molecule has 43 heavy (non-hydrogen) atoms. The van der Waals surface area contributed by atoms with Gasteiger partial charge < -0.3 is 15.3 Å². The number of rotatable bonds is 5. The highest BCUT2D eigenvalue weighted by atomic mass is 19.4. The maximum atomic E-state index is 13.5. The highest BCUT2D eigenvalue weighted by Crippen LogP contribution is 2.38. The monoisotopic (exact) mass is 610 g/mol. The fourth-order valence-electron chi connectivity index (χ4n) is 3.83. The smallest absolute Gasteiger partial charge is 0.475 e. The van der Waals surface area contributed by atoms with E-state index >= 15 is 0 Å². The van der Waals surface area contributed by atoms with Crippen LogP contribution in [0.1, 0.15) is 30.5 Å². The van der Waals surface area contributed by atoms with Crippen LogP contribution in [0, 0.1) is 11.3 Å². The summed E-state index contributed by atoms with van der Waals surface area (Å²) in [6.07, 6.45) is -9.93. The molecule has 0 aliphatic carbocycles. The largest absolute Gasteiger partial charge is 0.490 e. The molecule has 1 aliphatic heterocycles. The molecule has 4 rings (SSSR count). The summed E-state index contributed by atoms with van der Waals surface area (Å²) in [6.45, 7) is 2.95. The number of aliphatic carboxylic acids is 1. The van der Waals surface area contributed by atoms with E-state index in [1.54, 1.807) is 24.3 Å². The molecule has 2 heterocycles. The summed E-state index contributed by atoms with van der Waals surface area (Å²) < 4.78 is 72.2. The van der Waals surface area contributed by atoms with Gasteiger partial charge in [0.25, 0.3) is 11.5 Å². The van der Waals surface area contributed by atoms with Crippen LogP contribution in [0.15, 0.2) is 59.4 Å². The number of nitrogens with zero attached hydrogens (tertiary/aromatic N) is 4. The molecule has 2 aromatic carbocycles. The van der Waals surface area contributed by atoms with Gasteiger partial charge in [-0.2, -0.15) is 36.7 Å². The fourth-order valence-corrected chi connectivity index (χ4v) is 3.83. The molecule has 3 amide bonds. The number of imide groups is 1. The van der Waals surface area contributed by atoms with Gasteiger partial charge in [-0.1, -0.05) is 18.2 Å². The zero-order valence-electron chi connectivity index (χ0n) is 22.0. The molecule has 1 fully saturated rings. The van der Waals surface area contributed by atoms with E-state index in [4.69, 9.17) is 15.2 Å². The van der Waals surface area contributed by atoms with Crippen LogP contribution >= 0.6 is 0 Å². The van der Waals surface area contributed by atoms with Crippen molar-refractivity contribution < 1.29 is 45.8 Å². The first-order chi connectivity index (χ1) is 19.9. The number of alkyl halides is 6. The minimum atomic E-state index is -5.08. The minimum absolute atomic E-state index is 0.0526. The van der Waals surface area contributed by atoms with E-state index in [-0.39, 0.29) is 17.8 Å². The maximum Gasteiger partial charge on any atom is 0.490 e. The third kappa shape index (κ3) is 7.09. The SMILES string of the molecule is CC1(C)C(=O)N(c2ccc(C#N)c(C(F)(F)F)c2)C(=O)N1Cc1ccccc1Nc1ccc(=O)[nH]n1.O=C(O)C(F)(F)F. The quantitative estimate of drug-likeness (QED) is 0.275. The van der Waals surface area contributed by atoms with Gasteiger partial charge in [-0.15, -0.1) is 0 Å². The van der Waals surface area contributed by atoms with Gasteiger partial charge in [-0.05, 0) is 49.7 Å². The van der Waals surface area contributed by atoms with Gasteiger partial charge in [0.05, 0.1) is 29.4 Å². The van der Waals surface area contributed by atoms with Crippen LogP contribution in [-0.4, -0.2) is 49.8 Å². The van der Waals surface area contributed by atoms with Crippen LogP contribution in [0.25, 0.3) is 0 Å². The number of aromatic amines is 1. The summed E-state index contributed by atoms with van der Waals surface area (Å²) in [5, 5.41) is 25.4. The number of para-hydroxylation sites is 1. The molecule has 1 aliphatic rings. The number of carbonyl (C=O) groups excluding carboxylic acids is 2. The van der Waals surface area contributed by atoms with Gasteiger partial charge in [-0.25, -0.2) is 19.6 Å². The van der Waals surface area contributed by atoms with Crippen molar-refractivity contribution in [3.63, 3.8) is 0 Å². The van der Waals surface area contributed by atoms with Crippen LogP contribution in [0.2, 0.25) is 0 Å². The number of urea groups is 1. The lowest BCUT2D eigenvalue weighted by atomic mass is 10.0. The van der Waals surface area contributed by atoms with Gasteiger partial charge >= 0.3 is 24.4 Å². The van der Waals surface area contributed by atoms with Crippen molar-refractivity contribution in [2.24, 2.45) is 0 Å². The average Bonchev–Trinajstić information content (AvgIpc) is 3.09. The van der Waals surface area contributed by atoms with E-state index in [0.717, 1.165) is 12.1 Å². The van der Waals surface area contributed by atoms with Crippen molar-refractivity contribution in [1.82, 2.24) is 15.1 Å². The Hall–Kier alpha value is -5.40. The van der Waals surface area contributed by atoms with E-state index in [1.165, 1.54) is 36.9 Å². The highest BCUT2D eigenvalue weighted by molar-refractivity contribution is 6.23. The molecule has 0 bridgehead atoms. The second kappa shape index (κ2) is 11.8. The molecule has 0 unspecified atom stereocenters. The van der Waals surface area contributed by atoms with E-state index in [0.29, 0.717) is 28.0 Å². The zero-order chi connectivity index (χ0) is 32.3. The number of nitrogens with one attached hydrogen (secondary N) is 2. The number of amides is 3. The Morgan fingerprint density at radius 3 is 2.21 bits per heavy atom. The van der Waals surface area contributed by atoms with Crippen molar-refractivity contribution in [3.05, 3.63) is 81.6 Å². The number of carboxylic acids is 1. The molecule has 0 radical (unpaired) electrons. The Balaban J connectivity index is 0.000000646. The summed E-state index contributed by atoms with van der Waals surface area (Å²) in [4.78, 5) is 48.7. The van der Waals surface area contributed by atoms with Crippen molar-refractivity contribution in [2.45, 2.75) is 38.3 Å². The van der Waals surface area contributed by atoms with Crippen LogP contribution in [0.5, 0.6) is 0 Å². The molecule has 0 atom stereocenters. The van der Waals surface area contributed by atoms with Crippen LogP contribution in [0.4, 0.5) is 48.3 Å². The molecular weight excluding hydrogens is 590 g/mol. The number of nitriles is 1. The number of H-pyrrole nitrogens is 1. The molecule has 17 heteroatoms. The molecule has 3 aromatic rings. The Morgan fingerprint density at radius 2 is 1.67 bits per heavy atom. The summed E-state index contributed by atoms with van der Waals surface area (Å²) in [6, 6.07) is 13.0. The molecular formula is C26H20F6N6O5. The molecule has 1 aromatic heterocycles. The van der Waals surface area contributed by atoms with Gasteiger partial charge in [0.1, 0.15) is 5.54 Å². The van der Waals surface area contributed by atoms with Gasteiger partial charge in [-0.3, -0.25) is 9.59 Å². The van der Waals surface area contributed by atoms with Crippen LogP contribution < -0.4 is 15.8 Å². The van der Waals surface area contributed by atoms with Crippen molar-refractivity contribution >= 4 is 35.1 Å². The molecule has 0 saturated carbocycles. The Morgan fingerprint density at radius 1 is 1.05 bits per heavy atom. The first-order valence-electron chi connectivity index (χ1n) is 11.9. The lowest BCUT2D eigenvalue weighted by Gasteiger charge is -2.28. The third-order valence-electron chi connectivity index (χ3n) is 6.04. The van der Waals surface area contributed by atoms with E-state index in [9.17, 15) is 40.7 Å². The number of hydrogen-bond donors (Lipinski definition) is 3. The highest BCUT2D eigenvalue weighted by Gasteiger charge is 2.52. The number of anilines is 3. The topological polar surface area (TPSA) is 159 Å². The molecule has 226 valence electrons. The van der Waals surface area contributed by atoms with Gasteiger partial charge in [0.2, 0.25) is 0 Å². The van der Waals surface area contributed by atoms with Crippen molar-refractivity contribution in [3.8, 4) is 6.07 Å². The second-order valence-electron chi connectivity index (χ2n) is 9.30. The summed E-state index contributed by atoms with van der Waals surface area (Å²) >= 11 is 0. The van der Waals surface area contributed by atoms with Crippen LogP contribution in [0.3, 0.4) is 0 Å². The third-order valence-corrected chi connectivity index (χ3v) is 6.04. The lowest BCUT2D eigenvalue weighted by molar-refractivity contribution is -0.192. The van der Waals surface area contributed by atoms with Crippen LogP contribution in [-0.2, 0) is 22.3 Å². The second-order valence-corrected chi connectivity index (χ2v) is 9.30. The van der Waals surface area contributed by atoms with E-state index in [2.05, 4.69) is 15.5 Å². The number of hydrogen-bond acceptors (Lipinski definition) is 7. The van der Waals surface area contributed by atoms with Gasteiger partial charge in [0, 0.05) is 11.8 Å². The number of halogens is 6. The fraction of sp³-hybridized carbons (Fsp3) is 0.231. The van der Waals surface area contributed by atoms with Gasteiger partial charge in [0.15, 0.2) is 5.82 Å². The predicted octanol–water partition coefficient (Wildman–Crippen LogP) is 4.78. The number of carbonyl (C=O) groups is 3. The number of aromatic nitrogens is 2. The summed E-state index contributed by atoms with van der Waals surface area (Å²) in [5.74, 6) is -3.13. The molecule has 3 N–H and O–H groups in total. The maximum absolute atomic E-state index is 13.5.